The number of nitrogen functional groups attached to an aromatic ring is 1. The number of nitrogens with zero attached hydrogens (tertiary/aromatic N) is 6. The first-order valence-electron chi connectivity index (χ1n) is 14.0. The average Bonchev–Trinajstić information content (AvgIpc) is 3.40. The molecule has 49 heavy (non-hydrogen) atoms. The first-order chi connectivity index (χ1) is 23.1. The molecule has 0 bridgehead atoms. The minimum absolute atomic E-state index is 0.0446. The van der Waals surface area contributed by atoms with Gasteiger partial charge in [-0.15, -0.1) is 0 Å². The van der Waals surface area contributed by atoms with E-state index in [4.69, 9.17) is 22.2 Å². The van der Waals surface area contributed by atoms with Crippen molar-refractivity contribution in [2.24, 2.45) is 5.16 Å². The summed E-state index contributed by atoms with van der Waals surface area (Å²) in [6, 6.07) is -0.240. The Morgan fingerprint density at radius 3 is 2.47 bits per heavy atom. The van der Waals surface area contributed by atoms with E-state index in [1.165, 1.54) is 0 Å². The number of anilines is 1. The number of thioether (sulfide) groups is 1. The second-order valence-corrected chi connectivity index (χ2v) is 13.7. The number of carboxylic acid groups (broad SMARTS) is 2. The zero-order valence-corrected chi connectivity index (χ0v) is 26.9. The van der Waals surface area contributed by atoms with Crippen molar-refractivity contribution in [3.63, 3.8) is 0 Å². The molecule has 6 rings (SSSR count). The summed E-state index contributed by atoms with van der Waals surface area (Å²) in [6.07, 6.45) is -1.74. The van der Waals surface area contributed by atoms with Crippen LogP contribution in [0.25, 0.3) is 0 Å². The summed E-state index contributed by atoms with van der Waals surface area (Å²) >= 11 is 7.32. The molecule has 4 aliphatic rings. The van der Waals surface area contributed by atoms with E-state index < -0.39 is 92.5 Å². The highest BCUT2D eigenvalue weighted by molar-refractivity contribution is 8.02. The molecule has 1 aliphatic carbocycles. The Hall–Kier alpha value is -5.13. The van der Waals surface area contributed by atoms with Crippen LogP contribution in [0.1, 0.15) is 30.3 Å². The number of phenols is 2. The van der Waals surface area contributed by atoms with Crippen LogP contribution >= 0.6 is 34.9 Å². The smallest absolute Gasteiger partial charge is 0.350 e. The molecule has 260 valence electrons. The number of aliphatic hydroxyl groups is 1. The van der Waals surface area contributed by atoms with Gasteiger partial charge in [-0.1, -0.05) is 34.6 Å². The third kappa shape index (κ3) is 5.62. The Balaban J connectivity index is 1.15. The Morgan fingerprint density at radius 2 is 1.86 bits per heavy atom. The van der Waals surface area contributed by atoms with Crippen molar-refractivity contribution in [1.82, 2.24) is 34.9 Å². The first-order valence-corrected chi connectivity index (χ1v) is 16.0. The van der Waals surface area contributed by atoms with E-state index in [-0.39, 0.29) is 42.5 Å². The highest BCUT2D eigenvalue weighted by atomic mass is 35.5. The number of β-lactam (4-membered cyclic amide) rings is 1. The van der Waals surface area contributed by atoms with Crippen molar-refractivity contribution in [3.05, 3.63) is 28.5 Å². The second kappa shape index (κ2) is 12.1. The van der Waals surface area contributed by atoms with Gasteiger partial charge < -0.3 is 46.3 Å². The van der Waals surface area contributed by atoms with Crippen LogP contribution in [0.5, 0.6) is 11.5 Å². The average molecular weight is 742 g/mol. The van der Waals surface area contributed by atoms with Gasteiger partial charge in [0.05, 0.1) is 18.1 Å². The van der Waals surface area contributed by atoms with Crippen LogP contribution in [0.15, 0.2) is 17.3 Å². The molecule has 1 aromatic heterocycles. The number of nitrogens with two attached hydrogens (primary N) is 1. The molecule has 9 N–H and O–H groups in total. The molecule has 0 radical (unpaired) electrons. The molecule has 1 aromatic carbocycles. The lowest BCUT2D eigenvalue weighted by Gasteiger charge is -2.41. The maximum atomic E-state index is 13.4. The van der Waals surface area contributed by atoms with Crippen LogP contribution < -0.4 is 16.5 Å². The van der Waals surface area contributed by atoms with Crippen LogP contribution in [0, 0.1) is 0 Å². The largest absolute Gasteiger partial charge is 0.504 e. The molecule has 4 fully saturated rings. The third-order valence-electron chi connectivity index (χ3n) is 8.09. The van der Waals surface area contributed by atoms with Crippen LogP contribution in [-0.4, -0.2) is 133 Å². The van der Waals surface area contributed by atoms with Gasteiger partial charge in [-0.25, -0.2) is 19.4 Å². The topological polar surface area (TPSA) is 311 Å². The fraction of sp³-hybridized carbons (Fsp3) is 0.400. The van der Waals surface area contributed by atoms with Crippen LogP contribution in [0.4, 0.5) is 9.93 Å². The van der Waals surface area contributed by atoms with Gasteiger partial charge in [0.1, 0.15) is 11.4 Å². The van der Waals surface area contributed by atoms with Crippen molar-refractivity contribution < 1.29 is 59.1 Å². The zero-order chi connectivity index (χ0) is 35.6. The number of hydrazine groups is 1. The molecule has 24 heteroatoms. The summed E-state index contributed by atoms with van der Waals surface area (Å²) < 4.78 is 3.90. The van der Waals surface area contributed by atoms with Gasteiger partial charge >= 0.3 is 18.0 Å². The molecule has 21 nitrogen and oxygen atoms in total. The molecule has 4 heterocycles. The van der Waals surface area contributed by atoms with E-state index in [2.05, 4.69) is 25.3 Å². The molecule has 3 aliphatic heterocycles. The Bertz CT molecular complexity index is 1840. The maximum Gasteiger partial charge on any atom is 0.350 e. The van der Waals surface area contributed by atoms with E-state index in [0.29, 0.717) is 23.3 Å². The molecule has 3 saturated heterocycles. The van der Waals surface area contributed by atoms with Crippen molar-refractivity contribution in [2.75, 3.05) is 25.4 Å². The van der Waals surface area contributed by atoms with Gasteiger partial charge in [-0.2, -0.15) is 9.36 Å². The van der Waals surface area contributed by atoms with Gasteiger partial charge in [0, 0.05) is 36.5 Å². The number of rotatable bonds is 11. The Morgan fingerprint density at radius 1 is 1.14 bits per heavy atom. The quantitative estimate of drug-likeness (QED) is 0.0545. The monoisotopic (exact) mass is 741 g/mol. The number of carbonyl (C=O) groups is 6. The lowest BCUT2D eigenvalue weighted by molar-refractivity contribution is -0.153. The number of aliphatic carboxylic acids is 2. The number of oxime groups is 1. The molecule has 2 aromatic rings. The summed E-state index contributed by atoms with van der Waals surface area (Å²) in [6.45, 7) is -0.962. The fourth-order valence-corrected chi connectivity index (χ4v) is 7.55. The second-order valence-electron chi connectivity index (χ2n) is 11.1. The number of aliphatic hydroxyl groups excluding tert-OH is 1. The van der Waals surface area contributed by atoms with E-state index in [9.17, 15) is 54.3 Å². The zero-order valence-electron chi connectivity index (χ0n) is 24.5. The Kier molecular flexibility index (Phi) is 8.32. The number of amides is 5. The van der Waals surface area contributed by atoms with Gasteiger partial charge in [0.15, 0.2) is 22.7 Å². The number of aromatic nitrogens is 2. The fourth-order valence-electron chi connectivity index (χ4n) is 5.21. The number of phenolic OH excluding ortho intramolecular Hbond substituents is 2. The number of carbonyl (C=O) groups excluding carboxylic acids is 4. The predicted octanol–water partition coefficient (Wildman–Crippen LogP) is -1.79. The van der Waals surface area contributed by atoms with Crippen LogP contribution in [-0.2, 0) is 28.8 Å². The van der Waals surface area contributed by atoms with Crippen molar-refractivity contribution in [1.29, 1.82) is 0 Å². The number of carboxylic acids is 2. The number of halogens is 1. The van der Waals surface area contributed by atoms with Gasteiger partial charge in [-0.05, 0) is 6.07 Å². The lowest BCUT2D eigenvalue weighted by atomic mass is 10.1. The lowest BCUT2D eigenvalue weighted by Crippen LogP contribution is -2.68. The standard InChI is InChI=1S/C25H24ClN9O12S2/c26-10-8(1-2-9(36)14(10)38)13(37)17(40)30-35-6-5-34(23(35)46)25(21(44)45)7-33-18(41)12(19(33)48-25)28-16(39)11(15-29-22(27)49-32-15)31-47-24(3-4-24)20(42)43/h1-2,12-13,19,36-38H,3-7H2,(H,28,39)(H,30,40)(H,42,43)(H,44,45)(H2,27,29,32)/b31-11-/t12-,13?,19-,25-/m1/s1. The molecule has 5 amide bonds. The first kappa shape index (κ1) is 33.8. The van der Waals surface area contributed by atoms with Gasteiger partial charge in [0.25, 0.3) is 11.8 Å². The van der Waals surface area contributed by atoms with E-state index in [1.807, 2.05) is 0 Å². The summed E-state index contributed by atoms with van der Waals surface area (Å²) in [7, 11) is 0. The number of aromatic hydroxyl groups is 2. The van der Waals surface area contributed by atoms with Gasteiger partial charge in [0.2, 0.25) is 27.9 Å². The summed E-state index contributed by atoms with van der Waals surface area (Å²) in [5.41, 5.74) is 5.30. The molecular weight excluding hydrogens is 718 g/mol. The van der Waals surface area contributed by atoms with Crippen LogP contribution in [0.2, 0.25) is 5.02 Å². The molecule has 1 saturated carbocycles. The van der Waals surface area contributed by atoms with Gasteiger partial charge in [-0.3, -0.25) is 24.7 Å². The minimum atomic E-state index is -2.06. The van der Waals surface area contributed by atoms with Crippen molar-refractivity contribution in [3.8, 4) is 11.5 Å². The number of hydrogen-bond acceptors (Lipinski definition) is 16. The van der Waals surface area contributed by atoms with Crippen LogP contribution in [0.3, 0.4) is 0 Å². The maximum absolute atomic E-state index is 13.4. The summed E-state index contributed by atoms with van der Waals surface area (Å²) in [5.74, 6) is -7.39. The number of fused-ring (bicyclic) bond motifs is 1. The number of urea groups is 1. The van der Waals surface area contributed by atoms with Crippen molar-refractivity contribution in [2.45, 2.75) is 40.8 Å². The number of benzene rings is 1. The molecule has 4 atom stereocenters. The van der Waals surface area contributed by atoms with Crippen molar-refractivity contribution >= 4 is 81.4 Å². The third-order valence-corrected chi connectivity index (χ3v) is 10.7. The highest BCUT2D eigenvalue weighted by Gasteiger charge is 2.66. The van der Waals surface area contributed by atoms with E-state index in [0.717, 1.165) is 26.9 Å². The van der Waals surface area contributed by atoms with E-state index >= 15 is 0 Å². The summed E-state index contributed by atoms with van der Waals surface area (Å²) in [4.78, 5) is 85.9. The number of nitrogens with one attached hydrogen (secondary N) is 2. The number of hydrogen-bond donors (Lipinski definition) is 8. The molecule has 1 unspecified atom stereocenters. The van der Waals surface area contributed by atoms with E-state index in [1.54, 1.807) is 0 Å². The molecular formula is C25H24ClN9O12S2. The molecule has 0 spiro atoms. The Labute approximate surface area is 286 Å². The normalized spacial score (nSPS) is 24.6. The predicted molar refractivity (Wildman–Crippen MR) is 164 cm³/mol. The minimum Gasteiger partial charge on any atom is -0.504 e. The summed E-state index contributed by atoms with van der Waals surface area (Å²) in [5, 5.41) is 54.9. The highest BCUT2D eigenvalue weighted by Crippen LogP contribution is 2.49. The SMILES string of the molecule is Nc1nc(/C(=N/OC2(C(=O)O)CC2)C(=O)N[C@@H]2C(=O)N3C[C@@](C(=O)O)(N4CCN(NC(=O)C(O)c5ccc(O)c(O)c5Cl)C4=O)S[C@H]23)ns1.